The fourth-order valence-corrected chi connectivity index (χ4v) is 7.26. The normalized spacial score (nSPS) is 11.5. The van der Waals surface area contributed by atoms with Crippen LogP contribution in [0.1, 0.15) is 0 Å². The molecule has 0 spiro atoms. The third kappa shape index (κ3) is 5.04. The summed E-state index contributed by atoms with van der Waals surface area (Å²) >= 11 is 0. The van der Waals surface area contributed by atoms with E-state index in [0.29, 0.717) is 17.5 Å². The van der Waals surface area contributed by atoms with Crippen molar-refractivity contribution in [2.75, 3.05) is 0 Å². The first-order chi connectivity index (χ1) is 25.3. The Morgan fingerprint density at radius 1 is 0.314 bits per heavy atom. The van der Waals surface area contributed by atoms with E-state index in [2.05, 4.69) is 158 Å². The minimum Gasteiger partial charge on any atom is -0.456 e. The van der Waals surface area contributed by atoms with Crippen molar-refractivity contribution in [1.29, 1.82) is 0 Å². The average Bonchev–Trinajstić information content (AvgIpc) is 3.59. The van der Waals surface area contributed by atoms with Crippen molar-refractivity contribution in [3.63, 3.8) is 0 Å². The maximum atomic E-state index is 6.50. The molecule has 4 heteroatoms. The number of benzene rings is 8. The molecule has 0 atom stereocenters. The molecule has 8 aromatic carbocycles. The van der Waals surface area contributed by atoms with E-state index in [-0.39, 0.29) is 0 Å². The Balaban J connectivity index is 1.17. The maximum Gasteiger partial charge on any atom is 0.164 e. The zero-order valence-electron chi connectivity index (χ0n) is 27.5. The van der Waals surface area contributed by atoms with Gasteiger partial charge in [-0.15, -0.1) is 0 Å². The highest BCUT2D eigenvalue weighted by Gasteiger charge is 2.18. The zero-order valence-corrected chi connectivity index (χ0v) is 27.5. The Hall–Kier alpha value is -6.91. The Bertz CT molecular complexity index is 2900. The molecule has 2 heterocycles. The molecule has 0 aliphatic rings. The molecular weight excluding hydrogens is 623 g/mol. The highest BCUT2D eigenvalue weighted by Crippen LogP contribution is 2.39. The molecule has 238 valence electrons. The molecule has 0 aliphatic carbocycles. The lowest BCUT2D eigenvalue weighted by Gasteiger charge is -2.12. The summed E-state index contributed by atoms with van der Waals surface area (Å²) in [6, 6.07) is 61.0. The Morgan fingerprint density at radius 3 is 1.69 bits per heavy atom. The smallest absolute Gasteiger partial charge is 0.164 e. The number of hydrogen-bond donors (Lipinski definition) is 0. The van der Waals surface area contributed by atoms with E-state index in [1.165, 1.54) is 16.3 Å². The summed E-state index contributed by atoms with van der Waals surface area (Å²) in [5.74, 6) is 1.83. The van der Waals surface area contributed by atoms with Crippen LogP contribution in [-0.2, 0) is 0 Å². The van der Waals surface area contributed by atoms with Crippen molar-refractivity contribution in [3.8, 4) is 56.4 Å². The van der Waals surface area contributed by atoms with Crippen LogP contribution < -0.4 is 0 Å². The van der Waals surface area contributed by atoms with E-state index in [9.17, 15) is 0 Å². The van der Waals surface area contributed by atoms with Crippen molar-refractivity contribution in [3.05, 3.63) is 176 Å². The second kappa shape index (κ2) is 11.9. The molecule has 0 N–H and O–H groups in total. The molecule has 0 saturated carbocycles. The summed E-state index contributed by atoms with van der Waals surface area (Å²) in [4.78, 5) is 15.4. The van der Waals surface area contributed by atoms with Crippen LogP contribution in [0.4, 0.5) is 0 Å². The average molecular weight is 652 g/mol. The number of fused-ring (bicyclic) bond motifs is 6. The lowest BCUT2D eigenvalue weighted by molar-refractivity contribution is 0.669. The van der Waals surface area contributed by atoms with Crippen LogP contribution in [0.5, 0.6) is 0 Å². The first-order valence-corrected chi connectivity index (χ1v) is 17.1. The number of aromatic nitrogens is 3. The fraction of sp³-hybridized carbons (Fsp3) is 0. The predicted molar refractivity (Wildman–Crippen MR) is 209 cm³/mol. The maximum absolute atomic E-state index is 6.50. The first kappa shape index (κ1) is 29.0. The molecule has 0 bridgehead atoms. The van der Waals surface area contributed by atoms with Gasteiger partial charge in [0.1, 0.15) is 11.2 Å². The second-order valence-electron chi connectivity index (χ2n) is 12.8. The quantitative estimate of drug-likeness (QED) is 0.174. The molecule has 4 nitrogen and oxygen atoms in total. The van der Waals surface area contributed by atoms with Gasteiger partial charge in [0.15, 0.2) is 17.5 Å². The molecule has 0 unspecified atom stereocenters. The molecule has 2 aromatic heterocycles. The number of nitrogens with zero attached hydrogens (tertiary/aromatic N) is 3. The van der Waals surface area contributed by atoms with Gasteiger partial charge >= 0.3 is 0 Å². The Kier molecular flexibility index (Phi) is 6.78. The van der Waals surface area contributed by atoms with Gasteiger partial charge in [-0.1, -0.05) is 152 Å². The third-order valence-corrected chi connectivity index (χ3v) is 9.73. The lowest BCUT2D eigenvalue weighted by Crippen LogP contribution is -2.01. The van der Waals surface area contributed by atoms with Crippen molar-refractivity contribution in [2.45, 2.75) is 0 Å². The van der Waals surface area contributed by atoms with Crippen LogP contribution in [-0.4, -0.2) is 15.0 Å². The SMILES string of the molecule is c1ccc(-c2ccc(-c3nc(-c4ccc5c(c4)oc4cccc(-c6ccccc6)c45)nc(-c4cc5ccccc5c5ccccc45)n3)cc2)cc1. The van der Waals surface area contributed by atoms with Crippen LogP contribution in [0.25, 0.3) is 99.9 Å². The third-order valence-electron chi connectivity index (χ3n) is 9.73. The van der Waals surface area contributed by atoms with Gasteiger partial charge in [-0.2, -0.15) is 0 Å². The standard InChI is InChI=1S/C47H29N3O/c1-3-12-30(13-4-1)31-22-24-33(25-23-31)45-48-46(50-47(49-45)41-28-34-16-7-8-17-36(34)38-18-9-10-19-39(38)41)35-26-27-40-43(29-35)51-42-21-11-20-37(44(40)42)32-14-5-2-6-15-32/h1-29H. The van der Waals surface area contributed by atoms with Gasteiger partial charge in [-0.3, -0.25) is 0 Å². The van der Waals surface area contributed by atoms with E-state index < -0.39 is 0 Å². The summed E-state index contributed by atoms with van der Waals surface area (Å²) in [5.41, 5.74) is 8.99. The molecule has 0 amide bonds. The van der Waals surface area contributed by atoms with Gasteiger partial charge in [0.25, 0.3) is 0 Å². The molecule has 0 aliphatic heterocycles. The largest absolute Gasteiger partial charge is 0.456 e. The molecule has 0 radical (unpaired) electrons. The lowest BCUT2D eigenvalue weighted by atomic mass is 9.96. The fourth-order valence-electron chi connectivity index (χ4n) is 7.26. The monoisotopic (exact) mass is 651 g/mol. The molecular formula is C47H29N3O. The highest BCUT2D eigenvalue weighted by molar-refractivity contribution is 6.14. The second-order valence-corrected chi connectivity index (χ2v) is 12.8. The number of hydrogen-bond acceptors (Lipinski definition) is 4. The zero-order chi connectivity index (χ0) is 33.7. The van der Waals surface area contributed by atoms with E-state index in [1.807, 2.05) is 18.2 Å². The van der Waals surface area contributed by atoms with Crippen LogP contribution in [0.15, 0.2) is 180 Å². The van der Waals surface area contributed by atoms with Gasteiger partial charge < -0.3 is 4.42 Å². The minimum absolute atomic E-state index is 0.588. The van der Waals surface area contributed by atoms with Crippen LogP contribution in [0, 0.1) is 0 Å². The van der Waals surface area contributed by atoms with Crippen molar-refractivity contribution in [1.82, 2.24) is 15.0 Å². The van der Waals surface area contributed by atoms with Crippen molar-refractivity contribution >= 4 is 43.5 Å². The summed E-state index contributed by atoms with van der Waals surface area (Å²) in [7, 11) is 0. The topological polar surface area (TPSA) is 51.8 Å². The summed E-state index contributed by atoms with van der Waals surface area (Å²) in [5, 5.41) is 6.76. The summed E-state index contributed by atoms with van der Waals surface area (Å²) in [6.07, 6.45) is 0. The molecule has 51 heavy (non-hydrogen) atoms. The van der Waals surface area contributed by atoms with Crippen LogP contribution >= 0.6 is 0 Å². The molecule has 0 fully saturated rings. The molecule has 10 aromatic rings. The van der Waals surface area contributed by atoms with Crippen LogP contribution in [0.3, 0.4) is 0 Å². The number of rotatable bonds is 5. The van der Waals surface area contributed by atoms with E-state index in [1.54, 1.807) is 0 Å². The van der Waals surface area contributed by atoms with Crippen LogP contribution in [0.2, 0.25) is 0 Å². The highest BCUT2D eigenvalue weighted by atomic mass is 16.3. The van der Waals surface area contributed by atoms with Crippen molar-refractivity contribution < 1.29 is 4.42 Å². The predicted octanol–water partition coefficient (Wildman–Crippen LogP) is 12.4. The summed E-state index contributed by atoms with van der Waals surface area (Å²) in [6.45, 7) is 0. The minimum atomic E-state index is 0.588. The molecule has 10 rings (SSSR count). The van der Waals surface area contributed by atoms with Gasteiger partial charge in [-0.05, 0) is 68.1 Å². The van der Waals surface area contributed by atoms with E-state index in [4.69, 9.17) is 19.4 Å². The van der Waals surface area contributed by atoms with E-state index in [0.717, 1.165) is 66.1 Å². The first-order valence-electron chi connectivity index (χ1n) is 17.1. The molecule has 0 saturated heterocycles. The van der Waals surface area contributed by atoms with E-state index >= 15 is 0 Å². The Morgan fingerprint density at radius 2 is 0.902 bits per heavy atom. The number of furan rings is 1. The van der Waals surface area contributed by atoms with Gasteiger partial charge in [0.2, 0.25) is 0 Å². The van der Waals surface area contributed by atoms with Gasteiger partial charge in [0.05, 0.1) is 0 Å². The van der Waals surface area contributed by atoms with Gasteiger partial charge in [-0.25, -0.2) is 15.0 Å². The van der Waals surface area contributed by atoms with Crippen molar-refractivity contribution in [2.24, 2.45) is 0 Å². The van der Waals surface area contributed by atoms with Gasteiger partial charge in [0, 0.05) is 27.5 Å². The Labute approximate surface area is 294 Å². The summed E-state index contributed by atoms with van der Waals surface area (Å²) < 4.78 is 6.50.